The van der Waals surface area contributed by atoms with Crippen LogP contribution < -0.4 is 10.6 Å². The van der Waals surface area contributed by atoms with Crippen LogP contribution in [0.25, 0.3) is 27.9 Å². The highest BCUT2D eigenvalue weighted by Crippen LogP contribution is 2.35. The van der Waals surface area contributed by atoms with E-state index in [1.165, 1.54) is 0 Å². The van der Waals surface area contributed by atoms with Gasteiger partial charge >= 0.3 is 0 Å². The molecule has 1 saturated carbocycles. The van der Waals surface area contributed by atoms with Gasteiger partial charge in [0.2, 0.25) is 0 Å². The van der Waals surface area contributed by atoms with E-state index in [9.17, 15) is 9.18 Å². The number of nitrogens with one attached hydrogen (secondary N) is 2. The number of carbonyl (C=O) groups is 1. The summed E-state index contributed by atoms with van der Waals surface area (Å²) in [5.74, 6) is 0.518. The highest BCUT2D eigenvalue weighted by atomic mass is 19.1. The summed E-state index contributed by atoms with van der Waals surface area (Å²) in [5.41, 5.74) is 3.02. The molecule has 4 aromatic heterocycles. The molecule has 4 aromatic rings. The Hall–Kier alpha value is -3.53. The van der Waals surface area contributed by atoms with Crippen molar-refractivity contribution in [3.05, 3.63) is 42.4 Å². The summed E-state index contributed by atoms with van der Waals surface area (Å²) in [6, 6.07) is 5.44. The first-order valence-corrected chi connectivity index (χ1v) is 11.2. The Bertz CT molecular complexity index is 1360. The first kappa shape index (κ1) is 20.1. The minimum absolute atomic E-state index is 0.0793. The zero-order valence-electron chi connectivity index (χ0n) is 18.2. The second kappa shape index (κ2) is 7.80. The van der Waals surface area contributed by atoms with Crippen LogP contribution in [0.15, 0.2) is 36.8 Å². The van der Waals surface area contributed by atoms with Crippen LogP contribution in [0.5, 0.6) is 0 Å². The molecule has 1 saturated heterocycles. The highest BCUT2D eigenvalue weighted by Gasteiger charge is 2.32. The van der Waals surface area contributed by atoms with Gasteiger partial charge in [0.25, 0.3) is 5.91 Å². The van der Waals surface area contributed by atoms with Gasteiger partial charge in [-0.15, -0.1) is 0 Å². The third-order valence-electron chi connectivity index (χ3n) is 6.62. The fourth-order valence-corrected chi connectivity index (χ4v) is 4.57. The second-order valence-electron chi connectivity index (χ2n) is 8.62. The molecule has 0 radical (unpaired) electrons. The van der Waals surface area contributed by atoms with Gasteiger partial charge in [0.1, 0.15) is 23.2 Å². The Labute approximate surface area is 189 Å². The molecule has 0 spiro atoms. The lowest BCUT2D eigenvalue weighted by molar-refractivity contribution is 0.0918. The Morgan fingerprint density at radius 1 is 1.27 bits per heavy atom. The first-order chi connectivity index (χ1) is 16.1. The molecule has 1 aliphatic heterocycles. The molecule has 2 N–H and O–H groups in total. The van der Waals surface area contributed by atoms with E-state index >= 15 is 0 Å². The summed E-state index contributed by atoms with van der Waals surface area (Å²) in [7, 11) is 1.79. The largest absolute Gasteiger partial charge is 0.376 e. The molecule has 0 aromatic carbocycles. The Balaban J connectivity index is 1.50. The van der Waals surface area contributed by atoms with E-state index in [1.807, 2.05) is 29.0 Å². The number of hydrogen-bond donors (Lipinski definition) is 2. The number of pyridine rings is 1. The van der Waals surface area contributed by atoms with Gasteiger partial charge in [-0.3, -0.25) is 4.79 Å². The van der Waals surface area contributed by atoms with E-state index in [2.05, 4.69) is 20.7 Å². The number of anilines is 1. The number of fused-ring (bicyclic) bond motifs is 2. The van der Waals surface area contributed by atoms with Crippen molar-refractivity contribution >= 4 is 28.4 Å². The van der Waals surface area contributed by atoms with Gasteiger partial charge in [0, 0.05) is 42.5 Å². The van der Waals surface area contributed by atoms with E-state index in [-0.39, 0.29) is 18.6 Å². The third kappa shape index (κ3) is 3.24. The van der Waals surface area contributed by atoms with Crippen LogP contribution in [-0.4, -0.2) is 62.5 Å². The zero-order valence-corrected chi connectivity index (χ0v) is 18.2. The van der Waals surface area contributed by atoms with Crippen LogP contribution in [0, 0.1) is 0 Å². The number of amides is 1. The van der Waals surface area contributed by atoms with Crippen molar-refractivity contribution in [2.75, 3.05) is 25.6 Å². The van der Waals surface area contributed by atoms with Crippen molar-refractivity contribution < 1.29 is 13.9 Å². The van der Waals surface area contributed by atoms with Gasteiger partial charge in [0.05, 0.1) is 31.1 Å². The summed E-state index contributed by atoms with van der Waals surface area (Å²) >= 11 is 0. The molecule has 33 heavy (non-hydrogen) atoms. The molecule has 0 bridgehead atoms. The monoisotopic (exact) mass is 449 g/mol. The molecule has 2 fully saturated rings. The maximum absolute atomic E-state index is 14.5. The van der Waals surface area contributed by atoms with Gasteiger partial charge in [-0.05, 0) is 31.4 Å². The molecule has 1 amide bonds. The fraction of sp³-hybridized carbons (Fsp3) is 0.391. The molecule has 6 rings (SSSR count). The van der Waals surface area contributed by atoms with Crippen molar-refractivity contribution in [2.45, 2.75) is 37.5 Å². The van der Waals surface area contributed by atoms with Gasteiger partial charge in [-0.1, -0.05) is 0 Å². The number of alkyl halides is 1. The smallest absolute Gasteiger partial charge is 0.256 e. The quantitative estimate of drug-likeness (QED) is 0.486. The van der Waals surface area contributed by atoms with Crippen LogP contribution in [0.3, 0.4) is 0 Å². The zero-order chi connectivity index (χ0) is 22.5. The number of rotatable bonds is 5. The molecular formula is C23H24FN7O2. The summed E-state index contributed by atoms with van der Waals surface area (Å²) in [6.45, 7) is 0.374. The van der Waals surface area contributed by atoms with Crippen LogP contribution in [0.1, 0.15) is 35.7 Å². The van der Waals surface area contributed by atoms with Crippen molar-refractivity contribution in [3.8, 4) is 11.3 Å². The normalized spacial score (nSPS) is 20.9. The maximum Gasteiger partial charge on any atom is 0.256 e. The molecule has 9 nitrogen and oxygen atoms in total. The average molecular weight is 449 g/mol. The van der Waals surface area contributed by atoms with E-state index in [0.29, 0.717) is 35.0 Å². The van der Waals surface area contributed by atoms with Gasteiger partial charge in [-0.2, -0.15) is 9.61 Å². The number of aromatic nitrogens is 5. The molecular weight excluding hydrogens is 425 g/mol. The lowest BCUT2D eigenvalue weighted by Gasteiger charge is -2.26. The predicted molar refractivity (Wildman–Crippen MR) is 121 cm³/mol. The minimum atomic E-state index is -1.10. The Morgan fingerprint density at radius 2 is 2.15 bits per heavy atom. The van der Waals surface area contributed by atoms with Crippen molar-refractivity contribution in [3.63, 3.8) is 0 Å². The number of ether oxygens (including phenoxy) is 1. The SMILES string of the molecule is CNc1cc(-c2cn(C3COCC3F)c3ncccc23)nc2c(C(=O)NC3CCC3)cnn12. The fourth-order valence-electron chi connectivity index (χ4n) is 4.57. The molecule has 2 atom stereocenters. The molecule has 170 valence electrons. The molecule has 5 heterocycles. The average Bonchev–Trinajstić information content (AvgIpc) is 3.51. The topological polar surface area (TPSA) is 98.4 Å². The van der Waals surface area contributed by atoms with Gasteiger partial charge < -0.3 is 19.9 Å². The van der Waals surface area contributed by atoms with E-state index in [4.69, 9.17) is 9.72 Å². The lowest BCUT2D eigenvalue weighted by atomic mass is 9.93. The van der Waals surface area contributed by atoms with Crippen molar-refractivity contribution in [1.29, 1.82) is 0 Å². The van der Waals surface area contributed by atoms with Gasteiger partial charge in [-0.25, -0.2) is 14.4 Å². The molecule has 1 aliphatic carbocycles. The van der Waals surface area contributed by atoms with E-state index in [1.54, 1.807) is 24.0 Å². The number of nitrogens with zero attached hydrogens (tertiary/aromatic N) is 5. The van der Waals surface area contributed by atoms with Crippen molar-refractivity contribution in [2.24, 2.45) is 0 Å². The summed E-state index contributed by atoms with van der Waals surface area (Å²) in [5, 5.41) is 11.4. The van der Waals surface area contributed by atoms with E-state index < -0.39 is 12.2 Å². The maximum atomic E-state index is 14.5. The molecule has 2 aliphatic rings. The molecule has 10 heteroatoms. The third-order valence-corrected chi connectivity index (χ3v) is 6.62. The van der Waals surface area contributed by atoms with Crippen LogP contribution in [0.4, 0.5) is 10.2 Å². The van der Waals surface area contributed by atoms with Gasteiger partial charge in [0.15, 0.2) is 5.65 Å². The summed E-state index contributed by atoms with van der Waals surface area (Å²) in [6.07, 6.45) is 7.16. The summed E-state index contributed by atoms with van der Waals surface area (Å²) in [4.78, 5) is 22.2. The lowest BCUT2D eigenvalue weighted by Crippen LogP contribution is -2.39. The number of carbonyl (C=O) groups excluding carboxylic acids is 1. The van der Waals surface area contributed by atoms with E-state index in [0.717, 1.165) is 30.2 Å². The van der Waals surface area contributed by atoms with Crippen LogP contribution in [-0.2, 0) is 4.74 Å². The number of halogens is 1. The standard InChI is InChI=1S/C23H24FN7O2/c1-25-20-8-18(29-22-15(9-27-31(20)22)23(32)28-13-4-2-5-13)16-10-30(19-12-33-11-17(19)24)21-14(16)6-3-7-26-21/h3,6-10,13,17,19,25H,2,4-5,11-12H2,1H3,(H,28,32). The highest BCUT2D eigenvalue weighted by molar-refractivity contribution is 6.01. The number of hydrogen-bond acceptors (Lipinski definition) is 6. The Morgan fingerprint density at radius 3 is 2.88 bits per heavy atom. The van der Waals surface area contributed by atoms with Crippen LogP contribution in [0.2, 0.25) is 0 Å². The first-order valence-electron chi connectivity index (χ1n) is 11.2. The summed E-state index contributed by atoms with van der Waals surface area (Å²) < 4.78 is 23.3. The minimum Gasteiger partial charge on any atom is -0.376 e. The molecule has 2 unspecified atom stereocenters. The van der Waals surface area contributed by atoms with Crippen LogP contribution >= 0.6 is 0 Å². The predicted octanol–water partition coefficient (Wildman–Crippen LogP) is 2.98. The second-order valence-corrected chi connectivity index (χ2v) is 8.62. The van der Waals surface area contributed by atoms with Crippen molar-refractivity contribution in [1.82, 2.24) is 29.5 Å². The Kier molecular flexibility index (Phi) is 4.75.